The Morgan fingerprint density at radius 1 is 1.11 bits per heavy atom. The molecule has 1 rings (SSSR count). The lowest BCUT2D eigenvalue weighted by atomic mass is 10.0. The summed E-state index contributed by atoms with van der Waals surface area (Å²) in [6.45, 7) is 3.20. The minimum Gasteiger partial charge on any atom is -0.467 e. The van der Waals surface area contributed by atoms with Gasteiger partial charge in [-0.25, -0.2) is 22.3 Å². The van der Waals surface area contributed by atoms with Crippen LogP contribution < -0.4 is 5.32 Å². The van der Waals surface area contributed by atoms with E-state index in [4.69, 9.17) is 4.74 Å². The van der Waals surface area contributed by atoms with Crippen LogP contribution in [0.4, 0.5) is 0 Å². The van der Waals surface area contributed by atoms with Crippen LogP contribution in [-0.2, 0) is 29.1 Å². The monoisotopic (exact) mass is 414 g/mol. The molecule has 0 aromatic heterocycles. The minimum atomic E-state index is -3.61. The first-order valence-electron chi connectivity index (χ1n) is 8.56. The molecule has 10 heteroatoms. The minimum absolute atomic E-state index is 0.0291. The quantitative estimate of drug-likeness (QED) is 0.594. The van der Waals surface area contributed by atoms with Gasteiger partial charge >= 0.3 is 11.9 Å². The number of methoxy groups -OCH3 is 1. The third-order valence-electron chi connectivity index (χ3n) is 3.73. The number of hydrogen-bond donors (Lipinski definition) is 1. The maximum atomic E-state index is 12.0. The Bertz CT molecular complexity index is 802. The number of esters is 2. The highest BCUT2D eigenvalue weighted by atomic mass is 32.2. The highest BCUT2D eigenvalue weighted by molar-refractivity contribution is 7.89. The van der Waals surface area contributed by atoms with E-state index in [1.165, 1.54) is 45.5 Å². The first-order chi connectivity index (χ1) is 13.0. The number of benzene rings is 1. The SMILES string of the molecule is COC(=O)[C@H](CC(C)C)NC(=O)COC(=O)c1ccc(S(=O)(=O)N(C)C)cc1. The fourth-order valence-electron chi connectivity index (χ4n) is 2.25. The number of amides is 1. The molecule has 0 saturated carbocycles. The number of sulfonamides is 1. The van der Waals surface area contributed by atoms with Crippen molar-refractivity contribution in [3.05, 3.63) is 29.8 Å². The van der Waals surface area contributed by atoms with E-state index in [0.29, 0.717) is 6.42 Å². The van der Waals surface area contributed by atoms with Crippen LogP contribution in [0.15, 0.2) is 29.2 Å². The van der Waals surface area contributed by atoms with Crippen molar-refractivity contribution in [3.63, 3.8) is 0 Å². The molecule has 1 atom stereocenters. The number of rotatable bonds is 9. The Labute approximate surface area is 165 Å². The van der Waals surface area contributed by atoms with Crippen molar-refractivity contribution in [1.29, 1.82) is 0 Å². The summed E-state index contributed by atoms with van der Waals surface area (Å²) in [7, 11) is 0.418. The van der Waals surface area contributed by atoms with Crippen molar-refractivity contribution in [1.82, 2.24) is 9.62 Å². The van der Waals surface area contributed by atoms with Gasteiger partial charge in [0, 0.05) is 14.1 Å². The molecule has 0 unspecified atom stereocenters. The van der Waals surface area contributed by atoms with E-state index in [-0.39, 0.29) is 16.4 Å². The van der Waals surface area contributed by atoms with Crippen LogP contribution in [-0.4, -0.2) is 64.4 Å². The van der Waals surface area contributed by atoms with Gasteiger partial charge in [-0.2, -0.15) is 0 Å². The number of hydrogen-bond acceptors (Lipinski definition) is 7. The van der Waals surface area contributed by atoms with Crippen molar-refractivity contribution < 1.29 is 32.3 Å². The number of carbonyl (C=O) groups is 3. The third-order valence-corrected chi connectivity index (χ3v) is 5.56. The average molecular weight is 414 g/mol. The van der Waals surface area contributed by atoms with E-state index in [1.807, 2.05) is 13.8 Å². The molecule has 1 amide bonds. The Morgan fingerprint density at radius 3 is 2.14 bits per heavy atom. The highest BCUT2D eigenvalue weighted by Crippen LogP contribution is 2.14. The molecule has 1 aromatic carbocycles. The van der Waals surface area contributed by atoms with Gasteiger partial charge in [-0.3, -0.25) is 4.79 Å². The number of nitrogens with zero attached hydrogens (tertiary/aromatic N) is 1. The van der Waals surface area contributed by atoms with E-state index in [9.17, 15) is 22.8 Å². The zero-order valence-electron chi connectivity index (χ0n) is 16.6. The van der Waals surface area contributed by atoms with Crippen LogP contribution in [0, 0.1) is 5.92 Å². The molecule has 28 heavy (non-hydrogen) atoms. The van der Waals surface area contributed by atoms with Gasteiger partial charge in [-0.05, 0) is 36.6 Å². The maximum absolute atomic E-state index is 12.0. The van der Waals surface area contributed by atoms with E-state index >= 15 is 0 Å². The van der Waals surface area contributed by atoms with Crippen LogP contribution in [0.25, 0.3) is 0 Å². The molecule has 1 N–H and O–H groups in total. The largest absolute Gasteiger partial charge is 0.467 e. The van der Waals surface area contributed by atoms with Gasteiger partial charge in [-0.1, -0.05) is 13.8 Å². The summed E-state index contributed by atoms with van der Waals surface area (Å²) >= 11 is 0. The van der Waals surface area contributed by atoms with Gasteiger partial charge in [0.15, 0.2) is 6.61 Å². The van der Waals surface area contributed by atoms with Gasteiger partial charge in [0.25, 0.3) is 5.91 Å². The molecule has 0 heterocycles. The van der Waals surface area contributed by atoms with E-state index in [2.05, 4.69) is 10.1 Å². The van der Waals surface area contributed by atoms with Gasteiger partial charge < -0.3 is 14.8 Å². The van der Waals surface area contributed by atoms with Crippen LogP contribution >= 0.6 is 0 Å². The summed E-state index contributed by atoms with van der Waals surface area (Å²) in [5.74, 6) is -1.87. The fourth-order valence-corrected chi connectivity index (χ4v) is 3.15. The molecule has 156 valence electrons. The van der Waals surface area contributed by atoms with Gasteiger partial charge in [-0.15, -0.1) is 0 Å². The molecule has 0 radical (unpaired) electrons. The smallest absolute Gasteiger partial charge is 0.338 e. The Hall–Kier alpha value is -2.46. The van der Waals surface area contributed by atoms with Crippen molar-refractivity contribution in [2.45, 2.75) is 31.2 Å². The summed E-state index contributed by atoms with van der Waals surface area (Å²) in [4.78, 5) is 35.7. The summed E-state index contributed by atoms with van der Waals surface area (Å²) in [6.07, 6.45) is 0.383. The van der Waals surface area contributed by atoms with Crippen molar-refractivity contribution in [2.24, 2.45) is 5.92 Å². The van der Waals surface area contributed by atoms with E-state index < -0.39 is 40.5 Å². The lowest BCUT2D eigenvalue weighted by Gasteiger charge is -2.18. The predicted octanol–water partition coefficient (Wildman–Crippen LogP) is 0.798. The maximum Gasteiger partial charge on any atom is 0.338 e. The Kier molecular flexibility index (Phi) is 8.58. The molecule has 0 aliphatic rings. The first kappa shape index (κ1) is 23.6. The van der Waals surface area contributed by atoms with Crippen molar-refractivity contribution in [3.8, 4) is 0 Å². The topological polar surface area (TPSA) is 119 Å². The predicted molar refractivity (Wildman–Crippen MR) is 101 cm³/mol. The highest BCUT2D eigenvalue weighted by Gasteiger charge is 2.23. The zero-order chi connectivity index (χ0) is 21.5. The second-order valence-corrected chi connectivity index (χ2v) is 8.81. The van der Waals surface area contributed by atoms with E-state index in [1.54, 1.807) is 0 Å². The zero-order valence-corrected chi connectivity index (χ0v) is 17.4. The normalized spacial score (nSPS) is 12.5. The molecule has 0 fully saturated rings. The molecule has 0 aliphatic heterocycles. The molecule has 0 spiro atoms. The summed E-state index contributed by atoms with van der Waals surface area (Å²) in [5, 5.41) is 2.47. The third kappa shape index (κ3) is 6.61. The average Bonchev–Trinajstić information content (AvgIpc) is 2.64. The number of ether oxygens (including phenoxy) is 2. The Morgan fingerprint density at radius 2 is 1.68 bits per heavy atom. The molecule has 0 bridgehead atoms. The number of nitrogens with one attached hydrogen (secondary N) is 1. The van der Waals surface area contributed by atoms with Gasteiger partial charge in [0.1, 0.15) is 6.04 Å². The van der Waals surface area contributed by atoms with Gasteiger partial charge in [0.05, 0.1) is 17.6 Å². The first-order valence-corrected chi connectivity index (χ1v) is 10.00. The van der Waals surface area contributed by atoms with Gasteiger partial charge in [0.2, 0.25) is 10.0 Å². The lowest BCUT2D eigenvalue weighted by molar-refractivity contribution is -0.145. The van der Waals surface area contributed by atoms with Crippen LogP contribution in [0.1, 0.15) is 30.6 Å². The summed E-state index contributed by atoms with van der Waals surface area (Å²) < 4.78 is 34.6. The molecule has 0 aliphatic carbocycles. The van der Waals surface area contributed by atoms with Crippen LogP contribution in [0.5, 0.6) is 0 Å². The molecular formula is C18H26N2O7S. The van der Waals surface area contributed by atoms with Crippen LogP contribution in [0.3, 0.4) is 0 Å². The van der Waals surface area contributed by atoms with Crippen LogP contribution in [0.2, 0.25) is 0 Å². The molecule has 1 aromatic rings. The standard InChI is InChI=1S/C18H26N2O7S/c1-12(2)10-15(18(23)26-5)19-16(21)11-27-17(22)13-6-8-14(9-7-13)28(24,25)20(3)4/h6-9,12,15H,10-11H2,1-5H3,(H,19,21)/t15-/m0/s1. The molecule has 0 saturated heterocycles. The van der Waals surface area contributed by atoms with Crippen molar-refractivity contribution in [2.75, 3.05) is 27.8 Å². The lowest BCUT2D eigenvalue weighted by Crippen LogP contribution is -2.44. The summed E-state index contributed by atoms with van der Waals surface area (Å²) in [5.41, 5.74) is 0.0946. The Balaban J connectivity index is 2.68. The summed E-state index contributed by atoms with van der Waals surface area (Å²) in [6, 6.07) is 4.33. The van der Waals surface area contributed by atoms with Crippen molar-refractivity contribution >= 4 is 27.9 Å². The molecule has 9 nitrogen and oxygen atoms in total. The number of carbonyl (C=O) groups excluding carboxylic acids is 3. The molecular weight excluding hydrogens is 388 g/mol. The second kappa shape index (κ2) is 10.2. The fraction of sp³-hybridized carbons (Fsp3) is 0.500. The van der Waals surface area contributed by atoms with E-state index in [0.717, 1.165) is 4.31 Å². The second-order valence-electron chi connectivity index (χ2n) is 6.66.